The van der Waals surface area contributed by atoms with Crippen LogP contribution in [0.4, 0.5) is 8.78 Å². The Morgan fingerprint density at radius 1 is 1.30 bits per heavy atom. The molecule has 2 rings (SSSR count). The molecule has 114 valence electrons. The lowest BCUT2D eigenvalue weighted by molar-refractivity contribution is 0.0730. The zero-order valence-electron chi connectivity index (χ0n) is 10.9. The molecule has 0 spiro atoms. The number of hydrogen-bond donors (Lipinski definition) is 2. The van der Waals surface area contributed by atoms with Gasteiger partial charge >= 0.3 is 0 Å². The third-order valence-electron chi connectivity index (χ3n) is 3.34. The first-order valence-corrected chi connectivity index (χ1v) is 6.67. The zero-order chi connectivity index (χ0) is 13.8. The van der Waals surface area contributed by atoms with E-state index in [0.717, 1.165) is 13.1 Å². The van der Waals surface area contributed by atoms with Crippen molar-refractivity contribution in [2.45, 2.75) is 18.9 Å². The molecule has 7 heteroatoms. The van der Waals surface area contributed by atoms with Gasteiger partial charge in [0.15, 0.2) is 0 Å². The average Bonchev–Trinajstić information content (AvgIpc) is 2.40. The Morgan fingerprint density at radius 3 is 2.55 bits per heavy atom. The molecular weight excluding hydrogens is 309 g/mol. The number of halogens is 4. The first-order chi connectivity index (χ1) is 9.08. The fourth-order valence-electron chi connectivity index (χ4n) is 2.43. The van der Waals surface area contributed by atoms with Crippen LogP contribution in [0.3, 0.4) is 0 Å². The van der Waals surface area contributed by atoms with Crippen LogP contribution < -0.4 is 5.32 Å². The van der Waals surface area contributed by atoms with E-state index in [1.165, 1.54) is 6.07 Å². The van der Waals surface area contributed by atoms with Crippen LogP contribution in [0.25, 0.3) is 0 Å². The molecule has 1 fully saturated rings. The fraction of sp³-hybridized carbons (Fsp3) is 0.538. The molecule has 0 unspecified atom stereocenters. The maximum absolute atomic E-state index is 12.8. The Morgan fingerprint density at radius 2 is 1.95 bits per heavy atom. The van der Waals surface area contributed by atoms with E-state index < -0.39 is 12.5 Å². The predicted molar refractivity (Wildman–Crippen MR) is 78.2 cm³/mol. The molecular formula is C13H18Cl2F2N2O. The van der Waals surface area contributed by atoms with Crippen LogP contribution in [-0.4, -0.2) is 42.6 Å². The van der Waals surface area contributed by atoms with Crippen LogP contribution in [-0.2, 0) is 0 Å². The molecule has 1 aromatic carbocycles. The van der Waals surface area contributed by atoms with Gasteiger partial charge in [-0.15, -0.1) is 12.4 Å². The summed E-state index contributed by atoms with van der Waals surface area (Å²) in [6, 6.07) is 4.09. The topological polar surface area (TPSA) is 35.5 Å². The number of piperazine rings is 1. The van der Waals surface area contributed by atoms with Gasteiger partial charge in [-0.25, -0.2) is 8.78 Å². The number of benzene rings is 1. The summed E-state index contributed by atoms with van der Waals surface area (Å²) >= 11 is 5.91. The summed E-state index contributed by atoms with van der Waals surface area (Å²) in [6.45, 7) is 2.90. The normalized spacial score (nSPS) is 17.8. The SMILES string of the molecule is Cl.Oc1ccc(Cl)cc1[C@H](CC(F)F)N1CCNCC1. The van der Waals surface area contributed by atoms with E-state index in [2.05, 4.69) is 5.32 Å². The first kappa shape index (κ1) is 17.4. The van der Waals surface area contributed by atoms with Gasteiger partial charge in [0, 0.05) is 49.2 Å². The highest BCUT2D eigenvalue weighted by atomic mass is 35.5. The molecule has 0 amide bonds. The lowest BCUT2D eigenvalue weighted by Gasteiger charge is -2.35. The van der Waals surface area contributed by atoms with Crippen molar-refractivity contribution in [3.8, 4) is 5.75 Å². The molecule has 0 saturated carbocycles. The van der Waals surface area contributed by atoms with Crippen LogP contribution in [0.2, 0.25) is 5.02 Å². The molecule has 1 aromatic rings. The van der Waals surface area contributed by atoms with Crippen molar-refractivity contribution in [1.82, 2.24) is 10.2 Å². The third kappa shape index (κ3) is 4.45. The van der Waals surface area contributed by atoms with E-state index in [4.69, 9.17) is 11.6 Å². The first-order valence-electron chi connectivity index (χ1n) is 6.29. The Hall–Kier alpha value is -0.620. The van der Waals surface area contributed by atoms with Crippen molar-refractivity contribution in [3.05, 3.63) is 28.8 Å². The second-order valence-corrected chi connectivity index (χ2v) is 5.07. The average molecular weight is 327 g/mol. The lowest BCUT2D eigenvalue weighted by atomic mass is 10.00. The number of rotatable bonds is 4. The van der Waals surface area contributed by atoms with Gasteiger partial charge in [0.25, 0.3) is 0 Å². The molecule has 1 atom stereocenters. The monoisotopic (exact) mass is 326 g/mol. The lowest BCUT2D eigenvalue weighted by Crippen LogP contribution is -2.45. The minimum absolute atomic E-state index is 0. The number of phenols is 1. The molecule has 0 bridgehead atoms. The molecule has 2 N–H and O–H groups in total. The molecule has 0 aromatic heterocycles. The smallest absolute Gasteiger partial charge is 0.240 e. The van der Waals surface area contributed by atoms with E-state index in [1.54, 1.807) is 12.1 Å². The maximum atomic E-state index is 12.8. The minimum atomic E-state index is -2.42. The van der Waals surface area contributed by atoms with Gasteiger partial charge in [-0.1, -0.05) is 11.6 Å². The highest BCUT2D eigenvalue weighted by Crippen LogP contribution is 2.35. The van der Waals surface area contributed by atoms with E-state index in [-0.39, 0.29) is 24.6 Å². The summed E-state index contributed by atoms with van der Waals surface area (Å²) in [5, 5.41) is 13.5. The summed E-state index contributed by atoms with van der Waals surface area (Å²) < 4.78 is 25.6. The summed E-state index contributed by atoms with van der Waals surface area (Å²) in [4.78, 5) is 1.97. The molecule has 1 heterocycles. The number of nitrogens with zero attached hydrogens (tertiary/aromatic N) is 1. The molecule has 20 heavy (non-hydrogen) atoms. The van der Waals surface area contributed by atoms with E-state index in [0.29, 0.717) is 23.7 Å². The third-order valence-corrected chi connectivity index (χ3v) is 3.58. The van der Waals surface area contributed by atoms with Gasteiger partial charge in [0.2, 0.25) is 6.43 Å². The summed E-state index contributed by atoms with van der Waals surface area (Å²) in [6.07, 6.45) is -2.72. The molecule has 1 aliphatic heterocycles. The number of hydrogen-bond acceptors (Lipinski definition) is 3. The van der Waals surface area contributed by atoms with Gasteiger partial charge in [-0.05, 0) is 18.2 Å². The molecule has 3 nitrogen and oxygen atoms in total. The van der Waals surface area contributed by atoms with Crippen LogP contribution in [0.15, 0.2) is 18.2 Å². The van der Waals surface area contributed by atoms with Crippen molar-refractivity contribution in [3.63, 3.8) is 0 Å². The van der Waals surface area contributed by atoms with Crippen molar-refractivity contribution in [2.75, 3.05) is 26.2 Å². The number of aromatic hydroxyl groups is 1. The molecule has 0 aliphatic carbocycles. The van der Waals surface area contributed by atoms with Gasteiger partial charge in [0.1, 0.15) is 5.75 Å². The Labute approximate surface area is 128 Å². The summed E-state index contributed by atoms with van der Waals surface area (Å²) in [7, 11) is 0. The Balaban J connectivity index is 0.00000200. The van der Waals surface area contributed by atoms with Gasteiger partial charge in [-0.3, -0.25) is 4.90 Å². The van der Waals surface area contributed by atoms with E-state index in [9.17, 15) is 13.9 Å². The Bertz CT molecular complexity index is 429. The van der Waals surface area contributed by atoms with Crippen molar-refractivity contribution < 1.29 is 13.9 Å². The Kier molecular flexibility index (Phi) is 6.95. The van der Waals surface area contributed by atoms with Crippen molar-refractivity contribution in [1.29, 1.82) is 0 Å². The van der Waals surface area contributed by atoms with E-state index in [1.807, 2.05) is 4.90 Å². The van der Waals surface area contributed by atoms with Crippen LogP contribution in [0, 0.1) is 0 Å². The number of alkyl halides is 2. The van der Waals surface area contributed by atoms with E-state index >= 15 is 0 Å². The second-order valence-electron chi connectivity index (χ2n) is 4.63. The zero-order valence-corrected chi connectivity index (χ0v) is 12.4. The minimum Gasteiger partial charge on any atom is -0.508 e. The number of phenolic OH excluding ortho intramolecular Hbond substituents is 1. The fourth-order valence-corrected chi connectivity index (χ4v) is 2.61. The van der Waals surface area contributed by atoms with Gasteiger partial charge < -0.3 is 10.4 Å². The maximum Gasteiger partial charge on any atom is 0.240 e. The molecule has 1 aliphatic rings. The van der Waals surface area contributed by atoms with Crippen LogP contribution >= 0.6 is 24.0 Å². The van der Waals surface area contributed by atoms with Crippen molar-refractivity contribution >= 4 is 24.0 Å². The predicted octanol–water partition coefficient (Wildman–Crippen LogP) is 3.07. The molecule has 1 saturated heterocycles. The highest BCUT2D eigenvalue weighted by Gasteiger charge is 2.27. The van der Waals surface area contributed by atoms with Gasteiger partial charge in [0.05, 0.1) is 0 Å². The summed E-state index contributed by atoms with van der Waals surface area (Å²) in [5.74, 6) is 0.0218. The highest BCUT2D eigenvalue weighted by molar-refractivity contribution is 6.30. The van der Waals surface area contributed by atoms with Crippen LogP contribution in [0.5, 0.6) is 5.75 Å². The standard InChI is InChI=1S/C13H17ClF2N2O.ClH/c14-9-1-2-12(19)10(7-9)11(8-13(15)16)18-5-3-17-4-6-18;/h1-2,7,11,13,17,19H,3-6,8H2;1H/t11-;/m0./s1. The quantitative estimate of drug-likeness (QED) is 0.892. The largest absolute Gasteiger partial charge is 0.508 e. The molecule has 0 radical (unpaired) electrons. The summed E-state index contributed by atoms with van der Waals surface area (Å²) in [5.41, 5.74) is 0.481. The second kappa shape index (κ2) is 7.98. The van der Waals surface area contributed by atoms with Crippen LogP contribution in [0.1, 0.15) is 18.0 Å². The van der Waals surface area contributed by atoms with Crippen molar-refractivity contribution in [2.24, 2.45) is 0 Å². The number of nitrogens with one attached hydrogen (secondary N) is 1. The van der Waals surface area contributed by atoms with Gasteiger partial charge in [-0.2, -0.15) is 0 Å².